The van der Waals surface area contributed by atoms with Gasteiger partial charge in [-0.25, -0.2) is 0 Å². The Morgan fingerprint density at radius 1 is 1.00 bits per heavy atom. The summed E-state index contributed by atoms with van der Waals surface area (Å²) in [5.74, 6) is -0.984. The molecule has 1 rings (SSSR count). The standard InChI is InChI=1S/C10H15NO3/c11-6-2-1-3-7-4-5-8(12)10(14)9(7)13/h4-5,12-14H,1-3,6,11H2. The third-order valence-electron chi connectivity index (χ3n) is 2.11. The molecule has 1 aromatic carbocycles. The van der Waals surface area contributed by atoms with Crippen LogP contribution >= 0.6 is 0 Å². The number of aromatic hydroxyl groups is 3. The quantitative estimate of drug-likeness (QED) is 0.430. The van der Waals surface area contributed by atoms with Gasteiger partial charge in [-0.2, -0.15) is 0 Å². The molecule has 0 aliphatic rings. The van der Waals surface area contributed by atoms with E-state index in [0.29, 0.717) is 18.5 Å². The third-order valence-corrected chi connectivity index (χ3v) is 2.11. The van der Waals surface area contributed by atoms with Crippen LogP contribution in [0.25, 0.3) is 0 Å². The Hall–Kier alpha value is -1.42. The van der Waals surface area contributed by atoms with Gasteiger partial charge in [0.2, 0.25) is 5.75 Å². The molecule has 14 heavy (non-hydrogen) atoms. The van der Waals surface area contributed by atoms with Gasteiger partial charge in [0.25, 0.3) is 0 Å². The van der Waals surface area contributed by atoms with E-state index in [1.165, 1.54) is 6.07 Å². The van der Waals surface area contributed by atoms with E-state index in [4.69, 9.17) is 10.8 Å². The van der Waals surface area contributed by atoms with Crippen molar-refractivity contribution in [2.75, 3.05) is 6.54 Å². The van der Waals surface area contributed by atoms with Gasteiger partial charge in [-0.3, -0.25) is 0 Å². The number of rotatable bonds is 4. The van der Waals surface area contributed by atoms with E-state index in [1.807, 2.05) is 0 Å². The van der Waals surface area contributed by atoms with Crippen LogP contribution in [0.2, 0.25) is 0 Å². The Morgan fingerprint density at radius 3 is 2.36 bits per heavy atom. The van der Waals surface area contributed by atoms with E-state index >= 15 is 0 Å². The molecule has 0 spiro atoms. The molecule has 0 saturated carbocycles. The Kier molecular flexibility index (Phi) is 3.59. The molecule has 0 amide bonds. The highest BCUT2D eigenvalue weighted by atomic mass is 16.3. The molecule has 4 heteroatoms. The molecule has 0 unspecified atom stereocenters. The molecule has 78 valence electrons. The number of benzene rings is 1. The number of nitrogens with two attached hydrogens (primary N) is 1. The molecule has 0 fully saturated rings. The SMILES string of the molecule is NCCCCc1ccc(O)c(O)c1O. The number of hydrogen-bond acceptors (Lipinski definition) is 4. The normalized spacial score (nSPS) is 10.4. The first-order chi connectivity index (χ1) is 6.66. The number of hydrogen-bond donors (Lipinski definition) is 4. The molecule has 0 heterocycles. The Balaban J connectivity index is 2.73. The highest BCUT2D eigenvalue weighted by Crippen LogP contribution is 2.37. The van der Waals surface area contributed by atoms with E-state index in [-0.39, 0.29) is 11.5 Å². The summed E-state index contributed by atoms with van der Waals surface area (Å²) in [6, 6.07) is 2.97. The number of phenolic OH excluding ortho intramolecular Hbond substituents is 3. The molecule has 1 aromatic rings. The maximum Gasteiger partial charge on any atom is 0.200 e. The highest BCUT2D eigenvalue weighted by molar-refractivity contribution is 5.53. The van der Waals surface area contributed by atoms with E-state index in [9.17, 15) is 10.2 Å². The van der Waals surface area contributed by atoms with Crippen molar-refractivity contribution in [1.29, 1.82) is 0 Å². The second kappa shape index (κ2) is 4.72. The summed E-state index contributed by atoms with van der Waals surface area (Å²) in [5, 5.41) is 27.7. The third kappa shape index (κ3) is 2.29. The van der Waals surface area contributed by atoms with Crippen LogP contribution in [0.15, 0.2) is 12.1 Å². The molecule has 0 aromatic heterocycles. The lowest BCUT2D eigenvalue weighted by Gasteiger charge is -2.06. The first-order valence-electron chi connectivity index (χ1n) is 4.59. The van der Waals surface area contributed by atoms with Gasteiger partial charge in [0, 0.05) is 0 Å². The number of aryl methyl sites for hydroxylation is 1. The minimum absolute atomic E-state index is 0.234. The van der Waals surface area contributed by atoms with Crippen molar-refractivity contribution >= 4 is 0 Å². The van der Waals surface area contributed by atoms with Crippen LogP contribution in [-0.2, 0) is 6.42 Å². The highest BCUT2D eigenvalue weighted by Gasteiger charge is 2.09. The molecule has 0 bridgehead atoms. The maximum absolute atomic E-state index is 9.44. The molecule has 5 N–H and O–H groups in total. The second-order valence-corrected chi connectivity index (χ2v) is 3.19. The van der Waals surface area contributed by atoms with Gasteiger partial charge in [0.15, 0.2) is 11.5 Å². The minimum atomic E-state index is -0.449. The first kappa shape index (κ1) is 10.7. The molecule has 0 aliphatic heterocycles. The second-order valence-electron chi connectivity index (χ2n) is 3.19. The van der Waals surface area contributed by atoms with Crippen molar-refractivity contribution < 1.29 is 15.3 Å². The summed E-state index contributed by atoms with van der Waals surface area (Å²) in [4.78, 5) is 0. The van der Waals surface area contributed by atoms with Crippen LogP contribution in [0, 0.1) is 0 Å². The minimum Gasteiger partial charge on any atom is -0.504 e. The lowest BCUT2D eigenvalue weighted by molar-refractivity contribution is 0.364. The van der Waals surface area contributed by atoms with Crippen LogP contribution in [0.3, 0.4) is 0 Å². The fraction of sp³-hybridized carbons (Fsp3) is 0.400. The Bertz CT molecular complexity index is 312. The fourth-order valence-corrected chi connectivity index (χ4v) is 1.27. The summed E-state index contributed by atoms with van der Waals surface area (Å²) < 4.78 is 0. The van der Waals surface area contributed by atoms with Crippen molar-refractivity contribution in [3.05, 3.63) is 17.7 Å². The first-order valence-corrected chi connectivity index (χ1v) is 4.59. The molecule has 0 atom stereocenters. The molecular weight excluding hydrogens is 182 g/mol. The van der Waals surface area contributed by atoms with Crippen LogP contribution in [0.1, 0.15) is 18.4 Å². The zero-order chi connectivity index (χ0) is 10.6. The van der Waals surface area contributed by atoms with Crippen LogP contribution in [-0.4, -0.2) is 21.9 Å². The van der Waals surface area contributed by atoms with Gasteiger partial charge in [-0.05, 0) is 37.4 Å². The average molecular weight is 197 g/mol. The summed E-state index contributed by atoms with van der Waals surface area (Å²) in [6.45, 7) is 0.616. The topological polar surface area (TPSA) is 86.7 Å². The van der Waals surface area contributed by atoms with Gasteiger partial charge >= 0.3 is 0 Å². The van der Waals surface area contributed by atoms with Gasteiger partial charge in [-0.1, -0.05) is 6.07 Å². The summed E-state index contributed by atoms with van der Waals surface area (Å²) >= 11 is 0. The van der Waals surface area contributed by atoms with Crippen LogP contribution < -0.4 is 5.73 Å². The van der Waals surface area contributed by atoms with E-state index in [0.717, 1.165) is 12.8 Å². The molecular formula is C10H15NO3. The van der Waals surface area contributed by atoms with Gasteiger partial charge in [0.05, 0.1) is 0 Å². The monoisotopic (exact) mass is 197 g/mol. The predicted molar refractivity (Wildman–Crippen MR) is 53.4 cm³/mol. The lowest BCUT2D eigenvalue weighted by atomic mass is 10.1. The maximum atomic E-state index is 9.44. The van der Waals surface area contributed by atoms with Crippen molar-refractivity contribution in [3.8, 4) is 17.2 Å². The summed E-state index contributed by atoms with van der Waals surface area (Å²) in [6.07, 6.45) is 2.38. The Morgan fingerprint density at radius 2 is 1.71 bits per heavy atom. The lowest BCUT2D eigenvalue weighted by Crippen LogP contribution is -1.99. The van der Waals surface area contributed by atoms with Gasteiger partial charge in [0.1, 0.15) is 0 Å². The van der Waals surface area contributed by atoms with Crippen LogP contribution in [0.4, 0.5) is 0 Å². The Labute approximate surface area is 82.6 Å². The number of unbranched alkanes of at least 4 members (excludes halogenated alkanes) is 1. The molecule has 0 aliphatic carbocycles. The van der Waals surface area contributed by atoms with Crippen molar-refractivity contribution in [3.63, 3.8) is 0 Å². The van der Waals surface area contributed by atoms with Crippen LogP contribution in [0.5, 0.6) is 17.2 Å². The zero-order valence-corrected chi connectivity index (χ0v) is 7.90. The number of phenols is 3. The smallest absolute Gasteiger partial charge is 0.200 e. The van der Waals surface area contributed by atoms with Crippen molar-refractivity contribution in [2.45, 2.75) is 19.3 Å². The molecule has 0 saturated heterocycles. The van der Waals surface area contributed by atoms with Gasteiger partial charge < -0.3 is 21.1 Å². The van der Waals surface area contributed by atoms with E-state index < -0.39 is 5.75 Å². The zero-order valence-electron chi connectivity index (χ0n) is 7.90. The fourth-order valence-electron chi connectivity index (χ4n) is 1.27. The predicted octanol–water partition coefficient (Wildman–Crippen LogP) is 1.08. The molecule has 4 nitrogen and oxygen atoms in total. The van der Waals surface area contributed by atoms with Crippen molar-refractivity contribution in [1.82, 2.24) is 0 Å². The molecule has 0 radical (unpaired) electrons. The average Bonchev–Trinajstić information content (AvgIpc) is 2.18. The summed E-state index contributed by atoms with van der Waals surface area (Å²) in [7, 11) is 0. The largest absolute Gasteiger partial charge is 0.504 e. The van der Waals surface area contributed by atoms with E-state index in [2.05, 4.69) is 0 Å². The van der Waals surface area contributed by atoms with E-state index in [1.54, 1.807) is 6.07 Å². The summed E-state index contributed by atoms with van der Waals surface area (Å²) in [5.41, 5.74) is 5.97. The van der Waals surface area contributed by atoms with Crippen molar-refractivity contribution in [2.24, 2.45) is 5.73 Å². The van der Waals surface area contributed by atoms with Gasteiger partial charge in [-0.15, -0.1) is 0 Å².